The predicted molar refractivity (Wildman–Crippen MR) is 107 cm³/mol. The minimum absolute atomic E-state index is 0.135. The lowest BCUT2D eigenvalue weighted by Crippen LogP contribution is -2.23. The molecule has 0 N–H and O–H groups in total. The Kier molecular flexibility index (Phi) is 4.37. The number of rotatable bonds is 4. The van der Waals surface area contributed by atoms with E-state index in [1.54, 1.807) is 12.3 Å². The summed E-state index contributed by atoms with van der Waals surface area (Å²) in [5, 5.41) is 0. The van der Waals surface area contributed by atoms with Crippen LogP contribution in [-0.2, 0) is 6.54 Å². The van der Waals surface area contributed by atoms with E-state index >= 15 is 0 Å². The van der Waals surface area contributed by atoms with Gasteiger partial charge in [-0.1, -0.05) is 30.3 Å². The van der Waals surface area contributed by atoms with Gasteiger partial charge in [0.1, 0.15) is 5.82 Å². The van der Waals surface area contributed by atoms with Gasteiger partial charge in [-0.3, -0.25) is 9.88 Å². The average Bonchev–Trinajstić information content (AvgIpc) is 3.36. The van der Waals surface area contributed by atoms with Crippen LogP contribution in [0.1, 0.15) is 30.1 Å². The highest BCUT2D eigenvalue weighted by Crippen LogP contribution is 2.35. The topological polar surface area (TPSA) is 33.4 Å². The van der Waals surface area contributed by atoms with Gasteiger partial charge in [-0.2, -0.15) is 0 Å². The van der Waals surface area contributed by atoms with E-state index in [0.29, 0.717) is 6.54 Å². The third-order valence-corrected chi connectivity index (χ3v) is 5.57. The lowest BCUT2D eigenvalue weighted by atomic mass is 10.1. The second-order valence-corrected chi connectivity index (χ2v) is 7.30. The molecule has 140 valence electrons. The number of nitrogens with zero attached hydrogens (tertiary/aromatic N) is 4. The summed E-state index contributed by atoms with van der Waals surface area (Å²) in [6.07, 6.45) is 9.77. The van der Waals surface area contributed by atoms with Crippen molar-refractivity contribution >= 4 is 5.52 Å². The van der Waals surface area contributed by atoms with Gasteiger partial charge in [-0.05, 0) is 43.1 Å². The van der Waals surface area contributed by atoms with E-state index in [0.717, 1.165) is 47.3 Å². The van der Waals surface area contributed by atoms with Crippen LogP contribution in [0.3, 0.4) is 0 Å². The van der Waals surface area contributed by atoms with Crippen LogP contribution in [0.2, 0.25) is 0 Å². The van der Waals surface area contributed by atoms with Crippen molar-refractivity contribution in [2.24, 2.45) is 0 Å². The number of pyridine rings is 2. The SMILES string of the molecule is Fc1ccccc1CN1CCC[C@@H]1c1ncn2cc(-c3cccnc3)ccc12. The van der Waals surface area contributed by atoms with Gasteiger partial charge < -0.3 is 4.40 Å². The molecule has 0 amide bonds. The molecule has 1 aromatic carbocycles. The van der Waals surface area contributed by atoms with Crippen LogP contribution in [-0.4, -0.2) is 25.8 Å². The van der Waals surface area contributed by atoms with Crippen molar-refractivity contribution in [2.75, 3.05) is 6.54 Å². The molecule has 0 spiro atoms. The van der Waals surface area contributed by atoms with Gasteiger partial charge in [0.05, 0.1) is 23.6 Å². The highest BCUT2D eigenvalue weighted by molar-refractivity contribution is 5.66. The molecule has 28 heavy (non-hydrogen) atoms. The summed E-state index contributed by atoms with van der Waals surface area (Å²) < 4.78 is 16.2. The van der Waals surface area contributed by atoms with Crippen molar-refractivity contribution < 1.29 is 4.39 Å². The largest absolute Gasteiger partial charge is 0.305 e. The van der Waals surface area contributed by atoms with Crippen LogP contribution in [0.15, 0.2) is 73.4 Å². The summed E-state index contributed by atoms with van der Waals surface area (Å²) in [6.45, 7) is 1.58. The molecule has 4 aromatic rings. The summed E-state index contributed by atoms with van der Waals surface area (Å²) in [5.41, 5.74) is 5.13. The van der Waals surface area contributed by atoms with Gasteiger partial charge in [-0.25, -0.2) is 9.37 Å². The molecule has 3 aromatic heterocycles. The molecule has 1 fully saturated rings. The summed E-state index contributed by atoms with van der Waals surface area (Å²) in [7, 11) is 0. The number of imidazole rings is 1. The van der Waals surface area contributed by atoms with E-state index in [2.05, 4.69) is 38.7 Å². The predicted octanol–water partition coefficient (Wildman–Crippen LogP) is 4.87. The van der Waals surface area contributed by atoms with E-state index in [9.17, 15) is 4.39 Å². The third-order valence-electron chi connectivity index (χ3n) is 5.57. The van der Waals surface area contributed by atoms with Gasteiger partial charge >= 0.3 is 0 Å². The van der Waals surface area contributed by atoms with Crippen LogP contribution in [0, 0.1) is 5.82 Å². The van der Waals surface area contributed by atoms with Gasteiger partial charge in [0.2, 0.25) is 0 Å². The molecule has 1 saturated heterocycles. The molecule has 1 aliphatic rings. The van der Waals surface area contributed by atoms with Crippen molar-refractivity contribution in [1.29, 1.82) is 0 Å². The van der Waals surface area contributed by atoms with Crippen LogP contribution < -0.4 is 0 Å². The monoisotopic (exact) mass is 372 g/mol. The first-order valence-electron chi connectivity index (χ1n) is 9.64. The molecule has 5 rings (SSSR count). The second-order valence-electron chi connectivity index (χ2n) is 7.30. The molecule has 0 bridgehead atoms. The third kappa shape index (κ3) is 3.08. The fourth-order valence-corrected chi connectivity index (χ4v) is 4.15. The highest BCUT2D eigenvalue weighted by atomic mass is 19.1. The van der Waals surface area contributed by atoms with Gasteiger partial charge in [0.25, 0.3) is 0 Å². The standard InChI is InChI=1S/C23H21FN4/c24-20-7-2-1-5-19(20)15-27-12-4-8-21(27)23-22-10-9-18(14-28(22)16-26-23)17-6-3-11-25-13-17/h1-3,5-7,9-11,13-14,16,21H,4,8,12,15H2/t21-/m1/s1. The highest BCUT2D eigenvalue weighted by Gasteiger charge is 2.29. The fraction of sp³-hybridized carbons (Fsp3) is 0.217. The Hall–Kier alpha value is -3.05. The normalized spacial score (nSPS) is 17.4. The lowest BCUT2D eigenvalue weighted by Gasteiger charge is -2.23. The first kappa shape index (κ1) is 17.1. The molecule has 0 saturated carbocycles. The van der Waals surface area contributed by atoms with Crippen LogP contribution in [0.5, 0.6) is 0 Å². The van der Waals surface area contributed by atoms with Crippen molar-refractivity contribution in [3.8, 4) is 11.1 Å². The summed E-state index contributed by atoms with van der Waals surface area (Å²) in [6, 6.07) is 15.5. The molecule has 1 atom stereocenters. The van der Waals surface area contributed by atoms with Crippen LogP contribution in [0.25, 0.3) is 16.6 Å². The van der Waals surface area contributed by atoms with E-state index in [4.69, 9.17) is 4.98 Å². The van der Waals surface area contributed by atoms with Crippen LogP contribution >= 0.6 is 0 Å². The van der Waals surface area contributed by atoms with E-state index in [1.807, 2.05) is 30.7 Å². The number of hydrogen-bond acceptors (Lipinski definition) is 3. The summed E-state index contributed by atoms with van der Waals surface area (Å²) in [5.74, 6) is -0.135. The minimum atomic E-state index is -0.135. The number of hydrogen-bond donors (Lipinski definition) is 0. The Morgan fingerprint density at radius 2 is 1.96 bits per heavy atom. The summed E-state index contributed by atoms with van der Waals surface area (Å²) in [4.78, 5) is 11.3. The molecule has 0 aliphatic carbocycles. The zero-order valence-electron chi connectivity index (χ0n) is 15.5. The number of fused-ring (bicyclic) bond motifs is 1. The van der Waals surface area contributed by atoms with E-state index in [-0.39, 0.29) is 11.9 Å². The maximum atomic E-state index is 14.1. The maximum absolute atomic E-state index is 14.1. The minimum Gasteiger partial charge on any atom is -0.305 e. The Balaban J connectivity index is 1.46. The molecule has 4 heterocycles. The molecule has 0 radical (unpaired) electrons. The molecule has 1 aliphatic heterocycles. The van der Waals surface area contributed by atoms with Crippen LogP contribution in [0.4, 0.5) is 4.39 Å². The van der Waals surface area contributed by atoms with Crippen molar-refractivity contribution in [2.45, 2.75) is 25.4 Å². The number of benzene rings is 1. The number of halogens is 1. The maximum Gasteiger partial charge on any atom is 0.127 e. The first-order chi connectivity index (χ1) is 13.8. The van der Waals surface area contributed by atoms with Gasteiger partial charge in [-0.15, -0.1) is 0 Å². The summed E-state index contributed by atoms with van der Waals surface area (Å²) >= 11 is 0. The fourth-order valence-electron chi connectivity index (χ4n) is 4.15. The Morgan fingerprint density at radius 3 is 2.82 bits per heavy atom. The second kappa shape index (κ2) is 7.17. The van der Waals surface area contributed by atoms with E-state index < -0.39 is 0 Å². The molecule has 4 nitrogen and oxygen atoms in total. The molecular weight excluding hydrogens is 351 g/mol. The number of likely N-dealkylation sites (tertiary alicyclic amines) is 1. The smallest absolute Gasteiger partial charge is 0.127 e. The first-order valence-corrected chi connectivity index (χ1v) is 9.64. The van der Waals surface area contributed by atoms with Crippen molar-refractivity contribution in [3.05, 3.63) is 90.5 Å². The van der Waals surface area contributed by atoms with Crippen molar-refractivity contribution in [1.82, 2.24) is 19.3 Å². The van der Waals surface area contributed by atoms with Gasteiger partial charge in [0.15, 0.2) is 0 Å². The molecule has 5 heteroatoms. The lowest BCUT2D eigenvalue weighted by molar-refractivity contribution is 0.243. The molecule has 0 unspecified atom stereocenters. The van der Waals surface area contributed by atoms with E-state index in [1.165, 1.54) is 6.07 Å². The molecular formula is C23H21FN4. The zero-order valence-corrected chi connectivity index (χ0v) is 15.5. The Morgan fingerprint density at radius 1 is 1.04 bits per heavy atom. The quantitative estimate of drug-likeness (QED) is 0.512. The van der Waals surface area contributed by atoms with Crippen molar-refractivity contribution in [3.63, 3.8) is 0 Å². The van der Waals surface area contributed by atoms with Gasteiger partial charge in [0, 0.05) is 36.3 Å². The zero-order chi connectivity index (χ0) is 18.9. The average molecular weight is 372 g/mol. The Labute approximate surface area is 163 Å². The Bertz CT molecular complexity index is 1110. The number of aromatic nitrogens is 3.